The third kappa shape index (κ3) is 3.23. The van der Waals surface area contributed by atoms with Crippen molar-refractivity contribution in [3.63, 3.8) is 0 Å². The van der Waals surface area contributed by atoms with Gasteiger partial charge >= 0.3 is 0 Å². The minimum absolute atomic E-state index is 0.00115. The minimum Gasteiger partial charge on any atom is -0.508 e. The number of amides is 1. The van der Waals surface area contributed by atoms with Crippen LogP contribution < -0.4 is 4.74 Å². The highest BCUT2D eigenvalue weighted by Crippen LogP contribution is 2.43. The number of benzene rings is 3. The lowest BCUT2D eigenvalue weighted by molar-refractivity contribution is -0.0282. The quantitative estimate of drug-likeness (QED) is 0.721. The molecule has 5 heteroatoms. The summed E-state index contributed by atoms with van der Waals surface area (Å²) in [5.41, 5.74) is 2.68. The SMILES string of the molecule is O=C(c1ccc(Oc2cccc(O)c2)cc1)N1CC[C@@]2(C1)OCc1ccccc12. The standard InChI is InChI=1S/C24H21NO4/c26-19-5-3-6-21(14-19)29-20-10-8-17(9-11-20)23(27)25-13-12-24(16-25)22-7-2-1-4-18(22)15-28-24/h1-11,14,26H,12-13,15-16H2/t24-/m0/s1. The van der Waals surface area contributed by atoms with Crippen molar-refractivity contribution in [3.05, 3.63) is 89.5 Å². The first-order valence-corrected chi connectivity index (χ1v) is 9.72. The summed E-state index contributed by atoms with van der Waals surface area (Å²) in [6.45, 7) is 1.86. The van der Waals surface area contributed by atoms with Gasteiger partial charge in [-0.2, -0.15) is 0 Å². The molecule has 0 saturated carbocycles. The van der Waals surface area contributed by atoms with Crippen LogP contribution in [0.4, 0.5) is 0 Å². The van der Waals surface area contributed by atoms with Crippen LogP contribution in [-0.2, 0) is 16.9 Å². The highest BCUT2D eigenvalue weighted by atomic mass is 16.5. The predicted molar refractivity (Wildman–Crippen MR) is 108 cm³/mol. The van der Waals surface area contributed by atoms with Crippen molar-refractivity contribution in [1.82, 2.24) is 4.90 Å². The molecule has 3 aromatic rings. The number of carbonyl (C=O) groups excluding carboxylic acids is 1. The fourth-order valence-electron chi connectivity index (χ4n) is 4.21. The van der Waals surface area contributed by atoms with Crippen LogP contribution in [-0.4, -0.2) is 29.0 Å². The van der Waals surface area contributed by atoms with Crippen LogP contribution in [0.2, 0.25) is 0 Å². The van der Waals surface area contributed by atoms with Gasteiger partial charge in [-0.3, -0.25) is 4.79 Å². The number of carbonyl (C=O) groups is 1. The van der Waals surface area contributed by atoms with E-state index in [9.17, 15) is 9.90 Å². The molecule has 1 spiro atoms. The average Bonchev–Trinajstić information content (AvgIpc) is 3.34. The van der Waals surface area contributed by atoms with Crippen LogP contribution in [0.5, 0.6) is 17.2 Å². The highest BCUT2D eigenvalue weighted by molar-refractivity contribution is 5.94. The Morgan fingerprint density at radius 1 is 1.00 bits per heavy atom. The second-order valence-electron chi connectivity index (χ2n) is 7.54. The maximum atomic E-state index is 13.0. The summed E-state index contributed by atoms with van der Waals surface area (Å²) in [4.78, 5) is 14.9. The van der Waals surface area contributed by atoms with Gasteiger partial charge < -0.3 is 19.5 Å². The summed E-state index contributed by atoms with van der Waals surface area (Å²) in [5.74, 6) is 1.30. The summed E-state index contributed by atoms with van der Waals surface area (Å²) < 4.78 is 11.9. The molecule has 1 atom stereocenters. The zero-order chi connectivity index (χ0) is 19.8. The van der Waals surface area contributed by atoms with E-state index in [1.165, 1.54) is 11.1 Å². The maximum absolute atomic E-state index is 13.0. The zero-order valence-electron chi connectivity index (χ0n) is 15.9. The van der Waals surface area contributed by atoms with Crippen molar-refractivity contribution >= 4 is 5.91 Å². The molecule has 0 aromatic heterocycles. The molecule has 0 radical (unpaired) electrons. The van der Waals surface area contributed by atoms with Gasteiger partial charge in [0, 0.05) is 18.2 Å². The topological polar surface area (TPSA) is 59.0 Å². The van der Waals surface area contributed by atoms with Crippen LogP contribution in [0.15, 0.2) is 72.8 Å². The molecule has 146 valence electrons. The number of phenolic OH excluding ortho intramolecular Hbond substituents is 1. The molecule has 1 saturated heterocycles. The number of hydrogen-bond acceptors (Lipinski definition) is 4. The normalized spacial score (nSPS) is 20.1. The first-order chi connectivity index (χ1) is 14.1. The van der Waals surface area contributed by atoms with E-state index in [0.29, 0.717) is 36.8 Å². The van der Waals surface area contributed by atoms with E-state index in [4.69, 9.17) is 9.47 Å². The average molecular weight is 387 g/mol. The Balaban J connectivity index is 1.29. The second-order valence-corrected chi connectivity index (χ2v) is 7.54. The summed E-state index contributed by atoms with van der Waals surface area (Å²) >= 11 is 0. The molecular weight excluding hydrogens is 366 g/mol. The molecule has 2 heterocycles. The van der Waals surface area contributed by atoms with Gasteiger partial charge in [-0.15, -0.1) is 0 Å². The fraction of sp³-hybridized carbons (Fsp3) is 0.208. The summed E-state index contributed by atoms with van der Waals surface area (Å²) in [6.07, 6.45) is 0.814. The molecule has 1 amide bonds. The molecule has 29 heavy (non-hydrogen) atoms. The Morgan fingerprint density at radius 2 is 1.83 bits per heavy atom. The number of fused-ring (bicyclic) bond motifs is 2. The predicted octanol–water partition coefficient (Wildman–Crippen LogP) is 4.46. The number of nitrogens with zero attached hydrogens (tertiary/aromatic N) is 1. The van der Waals surface area contributed by atoms with Crippen molar-refractivity contribution in [2.45, 2.75) is 18.6 Å². The lowest BCUT2D eigenvalue weighted by atomic mass is 9.92. The van der Waals surface area contributed by atoms with Crippen LogP contribution in [0.1, 0.15) is 27.9 Å². The minimum atomic E-state index is -0.370. The van der Waals surface area contributed by atoms with Crippen LogP contribution in [0.25, 0.3) is 0 Å². The molecule has 1 N–H and O–H groups in total. The van der Waals surface area contributed by atoms with Gasteiger partial charge in [-0.1, -0.05) is 30.3 Å². The third-order valence-corrected chi connectivity index (χ3v) is 5.69. The molecule has 2 aliphatic rings. The first kappa shape index (κ1) is 17.8. The Morgan fingerprint density at radius 3 is 2.66 bits per heavy atom. The Labute approximate surface area is 169 Å². The molecule has 0 unspecified atom stereocenters. The first-order valence-electron chi connectivity index (χ1n) is 9.72. The van der Waals surface area contributed by atoms with E-state index in [1.54, 1.807) is 48.5 Å². The summed E-state index contributed by atoms with van der Waals surface area (Å²) in [6, 6.07) is 22.0. The number of ether oxygens (including phenoxy) is 2. The summed E-state index contributed by atoms with van der Waals surface area (Å²) in [7, 11) is 0. The largest absolute Gasteiger partial charge is 0.508 e. The van der Waals surface area contributed by atoms with E-state index >= 15 is 0 Å². The number of likely N-dealkylation sites (tertiary alicyclic amines) is 1. The van der Waals surface area contributed by atoms with Gasteiger partial charge in [0.05, 0.1) is 13.2 Å². The number of rotatable bonds is 3. The lowest BCUT2D eigenvalue weighted by Crippen LogP contribution is -2.34. The van der Waals surface area contributed by atoms with Crippen molar-refractivity contribution in [3.8, 4) is 17.2 Å². The Hall–Kier alpha value is -3.31. The van der Waals surface area contributed by atoms with Crippen LogP contribution >= 0.6 is 0 Å². The highest BCUT2D eigenvalue weighted by Gasteiger charge is 2.46. The van der Waals surface area contributed by atoms with Crippen LogP contribution in [0, 0.1) is 0 Å². The van der Waals surface area contributed by atoms with Gasteiger partial charge in [0.25, 0.3) is 5.91 Å². The fourth-order valence-corrected chi connectivity index (χ4v) is 4.21. The summed E-state index contributed by atoms with van der Waals surface area (Å²) in [5, 5.41) is 9.54. The maximum Gasteiger partial charge on any atom is 0.253 e. The zero-order valence-corrected chi connectivity index (χ0v) is 15.9. The molecule has 5 rings (SSSR count). The van der Waals surface area contributed by atoms with Crippen molar-refractivity contribution in [2.75, 3.05) is 13.1 Å². The number of aromatic hydroxyl groups is 1. The van der Waals surface area contributed by atoms with Gasteiger partial charge in [-0.05, 0) is 53.9 Å². The van der Waals surface area contributed by atoms with E-state index in [-0.39, 0.29) is 17.3 Å². The molecule has 1 fully saturated rings. The lowest BCUT2D eigenvalue weighted by Gasteiger charge is -2.25. The van der Waals surface area contributed by atoms with Gasteiger partial charge in [0.2, 0.25) is 0 Å². The van der Waals surface area contributed by atoms with E-state index in [0.717, 1.165) is 6.42 Å². The monoisotopic (exact) mass is 387 g/mol. The van der Waals surface area contributed by atoms with E-state index in [2.05, 4.69) is 12.1 Å². The van der Waals surface area contributed by atoms with E-state index < -0.39 is 0 Å². The molecule has 0 aliphatic carbocycles. The van der Waals surface area contributed by atoms with Gasteiger partial charge in [-0.25, -0.2) is 0 Å². The number of hydrogen-bond donors (Lipinski definition) is 1. The van der Waals surface area contributed by atoms with Gasteiger partial charge in [0.1, 0.15) is 22.8 Å². The Kier molecular flexibility index (Phi) is 4.25. The molecule has 2 aliphatic heterocycles. The number of phenols is 1. The van der Waals surface area contributed by atoms with Crippen molar-refractivity contribution in [2.24, 2.45) is 0 Å². The molecule has 0 bridgehead atoms. The van der Waals surface area contributed by atoms with Crippen molar-refractivity contribution in [1.29, 1.82) is 0 Å². The van der Waals surface area contributed by atoms with Gasteiger partial charge in [0.15, 0.2) is 0 Å². The second kappa shape index (κ2) is 6.94. The molecule has 3 aromatic carbocycles. The smallest absolute Gasteiger partial charge is 0.253 e. The third-order valence-electron chi connectivity index (χ3n) is 5.69. The molecule has 5 nitrogen and oxygen atoms in total. The van der Waals surface area contributed by atoms with Crippen LogP contribution in [0.3, 0.4) is 0 Å². The Bertz CT molecular complexity index is 1060. The van der Waals surface area contributed by atoms with Crippen molar-refractivity contribution < 1.29 is 19.4 Å². The van der Waals surface area contributed by atoms with E-state index in [1.807, 2.05) is 17.0 Å². The molecular formula is C24H21NO4.